The minimum absolute atomic E-state index is 0.0477. The van der Waals surface area contributed by atoms with E-state index in [9.17, 15) is 31.6 Å². The first kappa shape index (κ1) is 22.6. The van der Waals surface area contributed by atoms with E-state index in [0.29, 0.717) is 0 Å². The van der Waals surface area contributed by atoms with Crippen molar-refractivity contribution in [1.82, 2.24) is 9.71 Å². The smallest absolute Gasteiger partial charge is 0.414 e. The molecular weight excluding hydrogens is 435 g/mol. The summed E-state index contributed by atoms with van der Waals surface area (Å²) < 4.78 is 80.1. The van der Waals surface area contributed by atoms with Crippen LogP contribution in [0.2, 0.25) is 0 Å². The van der Waals surface area contributed by atoms with Gasteiger partial charge in [0.1, 0.15) is 33.1 Å². The molecule has 4 nitrogen and oxygen atoms in total. The molecule has 0 bridgehead atoms. The van der Waals surface area contributed by atoms with E-state index in [4.69, 9.17) is 0 Å². The fraction of sp³-hybridized carbons (Fsp3) is 0.643. The summed E-state index contributed by atoms with van der Waals surface area (Å²) in [5, 5.41) is 9.40. The third kappa shape index (κ3) is 5.75. The summed E-state index contributed by atoms with van der Waals surface area (Å²) in [7, 11) is 0. The molecule has 0 aliphatic carbocycles. The van der Waals surface area contributed by atoms with Crippen molar-refractivity contribution in [2.24, 2.45) is 0 Å². The molecule has 1 aromatic heterocycles. The molecule has 0 aromatic carbocycles. The highest BCUT2D eigenvalue weighted by Gasteiger charge is 2.50. The minimum Gasteiger partial charge on any atom is -0.598 e. The average Bonchev–Trinajstić information content (AvgIpc) is 2.46. The summed E-state index contributed by atoms with van der Waals surface area (Å²) in [4.78, 5) is 3.71. The van der Waals surface area contributed by atoms with E-state index in [2.05, 4.69) is 25.6 Å². The molecule has 0 fully saturated rings. The Hall–Kier alpha value is -0.490. The highest BCUT2D eigenvalue weighted by atomic mass is 79.9. The first-order valence-electron chi connectivity index (χ1n) is 7.06. The van der Waals surface area contributed by atoms with Crippen LogP contribution >= 0.6 is 15.9 Å². The van der Waals surface area contributed by atoms with E-state index in [1.165, 1.54) is 26.8 Å². The Morgan fingerprint density at radius 2 is 1.88 bits per heavy atom. The summed E-state index contributed by atoms with van der Waals surface area (Å²) in [6.07, 6.45) is -9.32. The number of hydrogen-bond donors (Lipinski definition) is 2. The van der Waals surface area contributed by atoms with Gasteiger partial charge in [-0.2, -0.15) is 13.2 Å². The van der Waals surface area contributed by atoms with Crippen LogP contribution in [0.1, 0.15) is 32.9 Å². The lowest BCUT2D eigenvalue weighted by Gasteiger charge is -2.36. The Kier molecular flexibility index (Phi) is 7.25. The van der Waals surface area contributed by atoms with E-state index >= 15 is 0 Å². The summed E-state index contributed by atoms with van der Waals surface area (Å²) in [6, 6.07) is 2.07. The van der Waals surface area contributed by atoms with Crippen LogP contribution in [0.5, 0.6) is 0 Å². The maximum atomic E-state index is 14.2. The maximum absolute atomic E-state index is 14.2. The van der Waals surface area contributed by atoms with Crippen molar-refractivity contribution in [3.8, 4) is 0 Å². The van der Waals surface area contributed by atoms with E-state index in [-0.39, 0.29) is 4.60 Å². The molecule has 0 spiro atoms. The van der Waals surface area contributed by atoms with Crippen molar-refractivity contribution in [1.29, 1.82) is 0 Å². The van der Waals surface area contributed by atoms with Gasteiger partial charge < -0.3 is 9.66 Å². The zero-order valence-corrected chi connectivity index (χ0v) is 16.0. The van der Waals surface area contributed by atoms with Gasteiger partial charge in [-0.25, -0.2) is 13.8 Å². The number of pyridine rings is 1. The van der Waals surface area contributed by atoms with Gasteiger partial charge in [-0.3, -0.25) is 0 Å². The Labute approximate surface area is 153 Å². The predicted octanol–water partition coefficient (Wildman–Crippen LogP) is 3.51. The van der Waals surface area contributed by atoms with Gasteiger partial charge in [0.15, 0.2) is 6.10 Å². The van der Waals surface area contributed by atoms with Crippen molar-refractivity contribution in [2.75, 3.05) is 6.67 Å². The van der Waals surface area contributed by atoms with Gasteiger partial charge in [-0.1, -0.05) is 0 Å². The molecule has 0 saturated carbocycles. The Morgan fingerprint density at radius 3 is 2.32 bits per heavy atom. The van der Waals surface area contributed by atoms with Crippen LogP contribution in [-0.4, -0.2) is 38.3 Å². The zero-order chi connectivity index (χ0) is 19.6. The second kappa shape index (κ2) is 8.03. The SMILES string of the molecule is CC(C)(C)[S@@+]([O-])NC(CF)(C[C@H](O)C(F)(F)F)c1nc(Br)ccc1F. The van der Waals surface area contributed by atoms with E-state index in [1.54, 1.807) is 0 Å². The normalized spacial score (nSPS) is 17.9. The molecular formula is C14H18BrF5N2O2S. The standard InChI is InChI=1S/C14H18BrF5N2O2S/c1-12(2,3)25(24)22-13(7-16,6-9(23)14(18,19)20)11-8(17)4-5-10(15)21-11/h4-5,9,22-23H,6-7H2,1-3H3/t9-,13?,25+/m0/s1. The van der Waals surface area contributed by atoms with Crippen LogP contribution in [0.15, 0.2) is 16.7 Å². The highest BCUT2D eigenvalue weighted by molar-refractivity contribution is 9.10. The van der Waals surface area contributed by atoms with Gasteiger partial charge in [0, 0.05) is 17.8 Å². The number of rotatable bonds is 6. The van der Waals surface area contributed by atoms with Gasteiger partial charge in [-0.15, -0.1) is 4.72 Å². The maximum Gasteiger partial charge on any atom is 0.414 e. The van der Waals surface area contributed by atoms with Gasteiger partial charge in [0.25, 0.3) is 0 Å². The minimum atomic E-state index is -5.06. The molecule has 1 aromatic rings. The molecule has 3 atom stereocenters. The van der Waals surface area contributed by atoms with Crippen LogP contribution in [0.25, 0.3) is 0 Å². The molecule has 0 saturated heterocycles. The molecule has 1 rings (SSSR count). The van der Waals surface area contributed by atoms with Crippen molar-refractivity contribution in [3.05, 3.63) is 28.2 Å². The molecule has 11 heteroatoms. The topological polar surface area (TPSA) is 68.2 Å². The largest absolute Gasteiger partial charge is 0.598 e. The number of alkyl halides is 4. The first-order valence-corrected chi connectivity index (χ1v) is 9.00. The summed E-state index contributed by atoms with van der Waals surface area (Å²) in [6.45, 7) is 2.94. The molecule has 25 heavy (non-hydrogen) atoms. The van der Waals surface area contributed by atoms with Crippen LogP contribution in [0.4, 0.5) is 22.0 Å². The molecule has 1 heterocycles. The Balaban J connectivity index is 3.44. The van der Waals surface area contributed by atoms with Gasteiger partial charge in [0.05, 0.1) is 0 Å². The van der Waals surface area contributed by atoms with Crippen LogP contribution in [-0.2, 0) is 16.9 Å². The second-order valence-electron chi connectivity index (χ2n) is 6.42. The number of aliphatic hydroxyl groups excluding tert-OH is 1. The highest BCUT2D eigenvalue weighted by Crippen LogP contribution is 2.36. The van der Waals surface area contributed by atoms with Gasteiger partial charge in [-0.05, 0) is 48.8 Å². The van der Waals surface area contributed by atoms with E-state index in [1.807, 2.05) is 0 Å². The quantitative estimate of drug-likeness (QED) is 0.393. The fourth-order valence-electron chi connectivity index (χ4n) is 1.86. The monoisotopic (exact) mass is 452 g/mol. The number of nitrogens with one attached hydrogen (secondary N) is 1. The van der Waals surface area contributed by atoms with Gasteiger partial charge >= 0.3 is 6.18 Å². The molecule has 0 aliphatic rings. The van der Waals surface area contributed by atoms with Crippen LogP contribution in [0.3, 0.4) is 0 Å². The Bertz CT molecular complexity index is 576. The molecule has 144 valence electrons. The first-order chi connectivity index (χ1) is 11.2. The number of aromatic nitrogens is 1. The number of aliphatic hydroxyl groups is 1. The number of hydrogen-bond acceptors (Lipinski definition) is 4. The van der Waals surface area contributed by atoms with Gasteiger partial charge in [0.2, 0.25) is 0 Å². The Morgan fingerprint density at radius 1 is 1.32 bits per heavy atom. The van der Waals surface area contributed by atoms with Crippen LogP contribution in [0, 0.1) is 5.82 Å². The lowest BCUT2D eigenvalue weighted by molar-refractivity contribution is -0.210. The molecule has 0 amide bonds. The molecule has 2 N–H and O–H groups in total. The summed E-state index contributed by atoms with van der Waals surface area (Å²) in [5.74, 6) is -1.09. The molecule has 0 radical (unpaired) electrons. The number of nitrogens with zero attached hydrogens (tertiary/aromatic N) is 1. The third-order valence-electron chi connectivity index (χ3n) is 3.26. The second-order valence-corrected chi connectivity index (χ2v) is 9.20. The summed E-state index contributed by atoms with van der Waals surface area (Å²) >= 11 is 0.885. The van der Waals surface area contributed by atoms with Crippen molar-refractivity contribution in [3.63, 3.8) is 0 Å². The third-order valence-corrected chi connectivity index (χ3v) is 5.39. The van der Waals surface area contributed by atoms with E-state index in [0.717, 1.165) is 6.07 Å². The van der Waals surface area contributed by atoms with E-state index < -0.39 is 58.5 Å². The van der Waals surface area contributed by atoms with Crippen molar-refractivity contribution < 1.29 is 31.6 Å². The summed E-state index contributed by atoms with van der Waals surface area (Å²) in [5.41, 5.74) is -3.13. The predicted molar refractivity (Wildman–Crippen MR) is 87.3 cm³/mol. The lowest BCUT2D eigenvalue weighted by atomic mass is 9.89. The lowest BCUT2D eigenvalue weighted by Crippen LogP contribution is -2.56. The average molecular weight is 453 g/mol. The van der Waals surface area contributed by atoms with Crippen molar-refractivity contribution in [2.45, 2.75) is 49.8 Å². The molecule has 0 aliphatic heterocycles. The van der Waals surface area contributed by atoms with Crippen LogP contribution < -0.4 is 4.72 Å². The zero-order valence-electron chi connectivity index (χ0n) is 13.6. The molecule has 1 unspecified atom stereocenters. The van der Waals surface area contributed by atoms with Crippen molar-refractivity contribution >= 4 is 27.3 Å². The number of halogens is 6. The fourth-order valence-corrected chi connectivity index (χ4v) is 3.07.